The minimum absolute atomic E-state index is 0.731. The van der Waals surface area contributed by atoms with E-state index in [1.54, 1.807) is 0 Å². The Kier molecular flexibility index (Phi) is 36.8. The average molecular weight is 613 g/mol. The molecule has 0 saturated carbocycles. The zero-order chi connectivity index (χ0) is 25.8. The second kappa shape index (κ2) is 31.4. The van der Waals surface area contributed by atoms with Crippen LogP contribution in [0.3, 0.4) is 0 Å². The Hall–Kier alpha value is -1.80. The van der Waals surface area contributed by atoms with Crippen molar-refractivity contribution in [2.45, 2.75) is 39.5 Å². The van der Waals surface area contributed by atoms with Crippen molar-refractivity contribution in [3.63, 3.8) is 0 Å². The third-order valence-corrected chi connectivity index (χ3v) is 5.28. The topological polar surface area (TPSA) is 121 Å². The number of allylic oxidation sites excluding steroid dienone is 3. The molecule has 0 aromatic rings. The standard InChI is InChI=1S/C18H27NO2.5CO.W/c1-3-18(16-8-6-5-7-9-16)17(15-20-4-2)14-19-10-12-21-13-11-19;5*1-2;/h3,8,14H,4-7,9-13H2,1-2H3;;;;;;/b17-14?,18-3+;;;;;;. The van der Waals surface area contributed by atoms with Crippen LogP contribution in [0.4, 0.5) is 0 Å². The monoisotopic (exact) mass is 613 g/mol. The van der Waals surface area contributed by atoms with Gasteiger partial charge in [0.1, 0.15) is 0 Å². The number of ether oxygens (including phenoxy) is 2. The molecule has 172 valence electrons. The SMILES string of the molecule is C/C=C(\C1=CCCCC1)C(=CN1CCOCC1)[C](=[W])OCC.[C-]#[O+].[C-]#[O+].[C-]#[O+].[C-]#[O+].[C-]#[O+]. The summed E-state index contributed by atoms with van der Waals surface area (Å²) in [6, 6.07) is 0. The fourth-order valence-electron chi connectivity index (χ4n) is 2.93. The molecule has 32 heavy (non-hydrogen) atoms. The summed E-state index contributed by atoms with van der Waals surface area (Å²) in [6.45, 7) is 31.0. The molecule has 0 bridgehead atoms. The van der Waals surface area contributed by atoms with Gasteiger partial charge in [-0.3, -0.25) is 0 Å². The third kappa shape index (κ3) is 16.8. The maximum atomic E-state index is 7.50. The van der Waals surface area contributed by atoms with E-state index in [-0.39, 0.29) is 0 Å². The van der Waals surface area contributed by atoms with Gasteiger partial charge >= 0.3 is 202 Å². The predicted octanol–water partition coefficient (Wildman–Crippen LogP) is 3.17. The molecule has 1 saturated heterocycles. The van der Waals surface area contributed by atoms with Gasteiger partial charge in [-0.2, -0.15) is 0 Å². The van der Waals surface area contributed by atoms with Crippen molar-refractivity contribution in [1.29, 1.82) is 0 Å². The summed E-state index contributed by atoms with van der Waals surface area (Å²) >= 11 is 1.40. The van der Waals surface area contributed by atoms with Gasteiger partial charge in [0, 0.05) is 0 Å². The quantitative estimate of drug-likeness (QED) is 0.260. The van der Waals surface area contributed by atoms with E-state index in [2.05, 4.69) is 70.4 Å². The van der Waals surface area contributed by atoms with Crippen molar-refractivity contribution in [3.8, 4) is 0 Å². The van der Waals surface area contributed by atoms with Gasteiger partial charge < -0.3 is 0 Å². The Labute approximate surface area is 201 Å². The molecule has 1 aliphatic carbocycles. The first kappa shape index (κ1) is 37.5. The van der Waals surface area contributed by atoms with Crippen molar-refractivity contribution >= 4 is 4.08 Å². The normalized spacial score (nSPS) is 14.6. The molecule has 9 heteroatoms. The molecule has 0 N–H and O–H groups in total. The summed E-state index contributed by atoms with van der Waals surface area (Å²) in [5.74, 6) is 0. The molecule has 2 aliphatic rings. The van der Waals surface area contributed by atoms with Crippen LogP contribution in [0.2, 0.25) is 0 Å². The van der Waals surface area contributed by atoms with Crippen molar-refractivity contribution in [3.05, 3.63) is 68.3 Å². The van der Waals surface area contributed by atoms with Crippen molar-refractivity contribution < 1.29 is 52.1 Å². The summed E-state index contributed by atoms with van der Waals surface area (Å²) in [6.07, 6.45) is 12.0. The van der Waals surface area contributed by atoms with E-state index in [1.165, 1.54) is 61.8 Å². The second-order valence-electron chi connectivity index (χ2n) is 5.59. The van der Waals surface area contributed by atoms with E-state index in [0.29, 0.717) is 0 Å². The van der Waals surface area contributed by atoms with Crippen LogP contribution < -0.4 is 0 Å². The van der Waals surface area contributed by atoms with Gasteiger partial charge in [0.25, 0.3) is 0 Å². The van der Waals surface area contributed by atoms with E-state index >= 15 is 0 Å². The molecule has 1 heterocycles. The van der Waals surface area contributed by atoms with Gasteiger partial charge in [0.05, 0.1) is 0 Å². The van der Waals surface area contributed by atoms with Crippen LogP contribution in [0.25, 0.3) is 0 Å². The Balaban J connectivity index is -0.000000345. The van der Waals surface area contributed by atoms with Crippen LogP contribution in [0.15, 0.2) is 35.1 Å². The molecule has 1 aliphatic heterocycles. The number of morpholine rings is 1. The molecule has 0 aromatic carbocycles. The van der Waals surface area contributed by atoms with Crippen LogP contribution in [0.1, 0.15) is 39.5 Å². The van der Waals surface area contributed by atoms with Gasteiger partial charge in [-0.05, 0) is 0 Å². The molecule has 0 spiro atoms. The number of rotatable bonds is 6. The maximum absolute atomic E-state index is 7.50. The molecule has 2 rings (SSSR count). The second-order valence-corrected chi connectivity index (χ2v) is 6.92. The summed E-state index contributed by atoms with van der Waals surface area (Å²) in [5, 5.41) is 0. The molecule has 0 amide bonds. The van der Waals surface area contributed by atoms with Crippen molar-refractivity contribution in [1.82, 2.24) is 4.90 Å². The summed E-state index contributed by atoms with van der Waals surface area (Å²) in [7, 11) is 0. The molecule has 0 atom stereocenters. The first-order valence-electron chi connectivity index (χ1n) is 9.35. The van der Waals surface area contributed by atoms with Crippen LogP contribution in [-0.2, 0) is 52.1 Å². The molecule has 0 radical (unpaired) electrons. The van der Waals surface area contributed by atoms with Gasteiger partial charge in [-0.15, -0.1) is 0 Å². The number of hydrogen-bond donors (Lipinski definition) is 0. The van der Waals surface area contributed by atoms with E-state index in [4.69, 9.17) is 32.7 Å². The Bertz CT molecular complexity index is 644. The van der Waals surface area contributed by atoms with Crippen molar-refractivity contribution in [2.24, 2.45) is 0 Å². The molecule has 0 aromatic heterocycles. The van der Waals surface area contributed by atoms with Gasteiger partial charge in [-0.1, -0.05) is 0 Å². The van der Waals surface area contributed by atoms with Gasteiger partial charge in [0.2, 0.25) is 0 Å². The minimum atomic E-state index is 0.731. The zero-order valence-electron chi connectivity index (χ0n) is 18.3. The first-order chi connectivity index (χ1) is 15.8. The van der Waals surface area contributed by atoms with Crippen LogP contribution >= 0.6 is 0 Å². The van der Waals surface area contributed by atoms with Crippen LogP contribution in [0.5, 0.6) is 0 Å². The fourth-order valence-corrected chi connectivity index (χ4v) is 3.93. The number of hydrogen-bond acceptors (Lipinski definition) is 3. The molecular formula is C23H27NO7W. The third-order valence-electron chi connectivity index (χ3n) is 4.07. The van der Waals surface area contributed by atoms with Gasteiger partial charge in [-0.25, -0.2) is 0 Å². The Morgan fingerprint density at radius 2 is 1.56 bits per heavy atom. The molecular weight excluding hydrogens is 586 g/mol. The first-order valence-corrected chi connectivity index (χ1v) is 10.8. The van der Waals surface area contributed by atoms with E-state index < -0.39 is 0 Å². The molecule has 8 nitrogen and oxygen atoms in total. The molecule has 1 fully saturated rings. The van der Waals surface area contributed by atoms with Crippen molar-refractivity contribution in [2.75, 3.05) is 32.9 Å². The van der Waals surface area contributed by atoms with Crippen LogP contribution in [-0.4, -0.2) is 41.9 Å². The summed E-state index contributed by atoms with van der Waals surface area (Å²) < 4.78 is 49.9. The predicted molar refractivity (Wildman–Crippen MR) is 107 cm³/mol. The van der Waals surface area contributed by atoms with E-state index in [1.807, 2.05) is 0 Å². The zero-order valence-corrected chi connectivity index (χ0v) is 21.2. The Morgan fingerprint density at radius 3 is 1.97 bits per heavy atom. The van der Waals surface area contributed by atoms with Gasteiger partial charge in [0.15, 0.2) is 0 Å². The van der Waals surface area contributed by atoms with E-state index in [9.17, 15) is 0 Å². The summed E-state index contributed by atoms with van der Waals surface area (Å²) in [4.78, 5) is 2.37. The fraction of sp³-hybridized carbons (Fsp3) is 0.478. The Morgan fingerprint density at radius 1 is 1.03 bits per heavy atom. The summed E-state index contributed by atoms with van der Waals surface area (Å²) in [5.41, 5.74) is 4.13. The molecule has 0 unspecified atom stereocenters. The number of nitrogens with zero attached hydrogens (tertiary/aromatic N) is 1. The van der Waals surface area contributed by atoms with E-state index in [0.717, 1.165) is 37.0 Å². The average Bonchev–Trinajstić information content (AvgIpc) is 2.91. The van der Waals surface area contributed by atoms with Crippen LogP contribution in [0, 0.1) is 33.3 Å².